The summed E-state index contributed by atoms with van der Waals surface area (Å²) in [6.07, 6.45) is 0.438. The lowest BCUT2D eigenvalue weighted by Crippen LogP contribution is -2.43. The van der Waals surface area contributed by atoms with Gasteiger partial charge in [-0.15, -0.1) is 0 Å². The lowest BCUT2D eigenvalue weighted by atomic mass is 9.87. The average Bonchev–Trinajstić information content (AvgIpc) is 2.93. The molecule has 1 N–H and O–H groups in total. The van der Waals surface area contributed by atoms with Crippen LogP contribution in [0.1, 0.15) is 30.0 Å². The second kappa shape index (κ2) is 6.89. The predicted octanol–water partition coefficient (Wildman–Crippen LogP) is 2.92. The maximum absolute atomic E-state index is 13.1. The zero-order chi connectivity index (χ0) is 18.7. The molecule has 1 aliphatic heterocycles. The Morgan fingerprint density at radius 3 is 2.31 bits per heavy atom. The van der Waals surface area contributed by atoms with Gasteiger partial charge in [0.05, 0.1) is 25.3 Å². The topological polar surface area (TPSA) is 82.4 Å². The molecule has 0 aromatic heterocycles. The smallest absolute Gasteiger partial charge is 0.325 e. The van der Waals surface area contributed by atoms with E-state index < -0.39 is 11.6 Å². The molecule has 0 radical (unpaired) electrons. The van der Waals surface area contributed by atoms with Gasteiger partial charge in [0.2, 0.25) is 0 Å². The van der Waals surface area contributed by atoms with Gasteiger partial charge in [0, 0.05) is 0 Å². The van der Waals surface area contributed by atoms with Crippen molar-refractivity contribution in [2.24, 2.45) is 0 Å². The van der Waals surface area contributed by atoms with Crippen LogP contribution in [0.3, 0.4) is 0 Å². The zero-order valence-corrected chi connectivity index (χ0v) is 14.7. The van der Waals surface area contributed by atoms with Crippen LogP contribution in [0.2, 0.25) is 0 Å². The number of nitrogens with zero attached hydrogens (tertiary/aromatic N) is 2. The van der Waals surface area contributed by atoms with Gasteiger partial charge >= 0.3 is 6.03 Å². The Morgan fingerprint density at radius 1 is 1.12 bits per heavy atom. The fourth-order valence-corrected chi connectivity index (χ4v) is 3.15. The van der Waals surface area contributed by atoms with Gasteiger partial charge < -0.3 is 10.1 Å². The fraction of sp³-hybridized carbons (Fsp3) is 0.250. The summed E-state index contributed by atoms with van der Waals surface area (Å²) < 4.78 is 5.16. The second-order valence-corrected chi connectivity index (χ2v) is 6.12. The first-order chi connectivity index (χ1) is 12.5. The molecule has 6 nitrogen and oxygen atoms in total. The van der Waals surface area contributed by atoms with Crippen LogP contribution in [0.5, 0.6) is 5.75 Å². The summed E-state index contributed by atoms with van der Waals surface area (Å²) in [6, 6.07) is 15.6. The largest absolute Gasteiger partial charge is 0.497 e. The van der Waals surface area contributed by atoms with E-state index in [9.17, 15) is 9.59 Å². The molecule has 1 saturated heterocycles. The van der Waals surface area contributed by atoms with E-state index in [-0.39, 0.29) is 12.5 Å². The van der Waals surface area contributed by atoms with Gasteiger partial charge in [-0.25, -0.2) is 4.79 Å². The summed E-state index contributed by atoms with van der Waals surface area (Å²) in [5, 5.41) is 11.7. The quantitative estimate of drug-likeness (QED) is 0.842. The number of ether oxygens (including phenoxy) is 1. The number of nitriles is 1. The fourth-order valence-electron chi connectivity index (χ4n) is 3.15. The summed E-state index contributed by atoms with van der Waals surface area (Å²) >= 11 is 0. The van der Waals surface area contributed by atoms with Gasteiger partial charge in [0.15, 0.2) is 0 Å². The van der Waals surface area contributed by atoms with Crippen molar-refractivity contribution in [2.45, 2.75) is 25.4 Å². The summed E-state index contributed by atoms with van der Waals surface area (Å²) in [4.78, 5) is 26.8. The lowest BCUT2D eigenvalue weighted by molar-refractivity contribution is -0.132. The van der Waals surface area contributed by atoms with E-state index in [0.717, 1.165) is 11.1 Å². The van der Waals surface area contributed by atoms with E-state index in [1.54, 1.807) is 55.6 Å². The first-order valence-corrected chi connectivity index (χ1v) is 8.31. The van der Waals surface area contributed by atoms with Crippen LogP contribution in [0, 0.1) is 11.3 Å². The Balaban J connectivity index is 1.88. The number of amides is 3. The van der Waals surface area contributed by atoms with E-state index in [1.165, 1.54) is 4.90 Å². The van der Waals surface area contributed by atoms with E-state index in [4.69, 9.17) is 10.00 Å². The Hall–Kier alpha value is -3.33. The zero-order valence-electron chi connectivity index (χ0n) is 14.7. The molecular weight excluding hydrogens is 330 g/mol. The number of hydrogen-bond donors (Lipinski definition) is 1. The number of nitrogens with one attached hydrogen (secondary N) is 1. The Bertz CT molecular complexity index is 869. The number of imide groups is 1. The first-order valence-electron chi connectivity index (χ1n) is 8.31. The molecule has 0 saturated carbocycles. The van der Waals surface area contributed by atoms with Gasteiger partial charge in [-0.05, 0) is 41.8 Å². The van der Waals surface area contributed by atoms with E-state index in [0.29, 0.717) is 17.7 Å². The number of hydrogen-bond acceptors (Lipinski definition) is 4. The molecule has 1 atom stereocenters. The van der Waals surface area contributed by atoms with Crippen molar-refractivity contribution in [3.63, 3.8) is 0 Å². The van der Waals surface area contributed by atoms with Crippen molar-refractivity contribution in [1.82, 2.24) is 10.2 Å². The predicted molar refractivity (Wildman–Crippen MR) is 95.2 cm³/mol. The highest BCUT2D eigenvalue weighted by Crippen LogP contribution is 2.34. The summed E-state index contributed by atoms with van der Waals surface area (Å²) in [5.41, 5.74) is 0.971. The van der Waals surface area contributed by atoms with Crippen molar-refractivity contribution < 1.29 is 14.3 Å². The van der Waals surface area contributed by atoms with Crippen molar-refractivity contribution >= 4 is 11.9 Å². The lowest BCUT2D eigenvalue weighted by Gasteiger charge is -2.26. The average molecular weight is 349 g/mol. The highest BCUT2D eigenvalue weighted by Gasteiger charge is 2.51. The highest BCUT2D eigenvalue weighted by atomic mass is 16.5. The van der Waals surface area contributed by atoms with Gasteiger partial charge in [0.1, 0.15) is 11.3 Å². The number of carbonyl (C=O) groups is 2. The molecule has 132 valence electrons. The molecule has 1 aliphatic rings. The van der Waals surface area contributed by atoms with Crippen molar-refractivity contribution in [3.8, 4) is 11.8 Å². The number of benzene rings is 2. The minimum atomic E-state index is -1.07. The molecule has 6 heteroatoms. The Morgan fingerprint density at radius 2 is 1.77 bits per heavy atom. The van der Waals surface area contributed by atoms with Crippen LogP contribution in [-0.2, 0) is 16.9 Å². The molecule has 1 heterocycles. The third-order valence-electron chi connectivity index (χ3n) is 4.71. The van der Waals surface area contributed by atoms with E-state index in [1.807, 2.05) is 13.0 Å². The third kappa shape index (κ3) is 2.88. The maximum atomic E-state index is 13.1. The molecule has 26 heavy (non-hydrogen) atoms. The van der Waals surface area contributed by atoms with Crippen molar-refractivity contribution in [3.05, 3.63) is 65.2 Å². The Labute approximate surface area is 152 Å². The molecule has 0 aliphatic carbocycles. The molecule has 1 fully saturated rings. The highest BCUT2D eigenvalue weighted by molar-refractivity contribution is 6.07. The Kier molecular flexibility index (Phi) is 4.63. The standard InChI is InChI=1S/C20H19N3O3/c1-3-20(16-8-10-17(26-2)11-9-16)18(24)23(19(25)22-20)13-15-6-4-14(12-21)5-7-15/h4-11H,3,13H2,1-2H3,(H,22,25)/t20-/m1/s1. The molecule has 0 bridgehead atoms. The molecular formula is C20H19N3O3. The van der Waals surface area contributed by atoms with Gasteiger partial charge in [0.25, 0.3) is 5.91 Å². The monoisotopic (exact) mass is 349 g/mol. The SMILES string of the molecule is CC[C@]1(c2ccc(OC)cc2)NC(=O)N(Cc2ccc(C#N)cc2)C1=O. The van der Waals surface area contributed by atoms with Crippen LogP contribution in [0.15, 0.2) is 48.5 Å². The molecule has 3 rings (SSSR count). The third-order valence-corrected chi connectivity index (χ3v) is 4.71. The van der Waals surface area contributed by atoms with Crippen molar-refractivity contribution in [2.75, 3.05) is 7.11 Å². The van der Waals surface area contributed by atoms with Gasteiger partial charge in [-0.3, -0.25) is 9.69 Å². The summed E-state index contributed by atoms with van der Waals surface area (Å²) in [6.45, 7) is 2.03. The second-order valence-electron chi connectivity index (χ2n) is 6.12. The van der Waals surface area contributed by atoms with E-state index >= 15 is 0 Å². The number of methoxy groups -OCH3 is 1. The summed E-state index contributed by atoms with van der Waals surface area (Å²) in [5.74, 6) is 0.408. The van der Waals surface area contributed by atoms with Crippen LogP contribution in [0.4, 0.5) is 4.79 Å². The van der Waals surface area contributed by atoms with E-state index in [2.05, 4.69) is 5.32 Å². The van der Waals surface area contributed by atoms with Gasteiger partial charge in [-0.1, -0.05) is 31.2 Å². The molecule has 0 spiro atoms. The number of carbonyl (C=O) groups excluding carboxylic acids is 2. The van der Waals surface area contributed by atoms with Gasteiger partial charge in [-0.2, -0.15) is 5.26 Å². The number of urea groups is 1. The maximum Gasteiger partial charge on any atom is 0.325 e. The molecule has 0 unspecified atom stereocenters. The molecule has 3 amide bonds. The van der Waals surface area contributed by atoms with Crippen molar-refractivity contribution in [1.29, 1.82) is 5.26 Å². The molecule has 2 aromatic rings. The van der Waals surface area contributed by atoms with Crippen LogP contribution in [-0.4, -0.2) is 23.9 Å². The van der Waals surface area contributed by atoms with Crippen LogP contribution < -0.4 is 10.1 Å². The van der Waals surface area contributed by atoms with Crippen LogP contribution >= 0.6 is 0 Å². The minimum Gasteiger partial charge on any atom is -0.497 e. The minimum absolute atomic E-state index is 0.161. The first kappa shape index (κ1) is 17.5. The normalized spacial score (nSPS) is 19.2. The molecule has 2 aromatic carbocycles. The van der Waals surface area contributed by atoms with Crippen LogP contribution in [0.25, 0.3) is 0 Å². The summed E-state index contributed by atoms with van der Waals surface area (Å²) in [7, 11) is 1.58. The number of rotatable bonds is 5.